The minimum Gasteiger partial charge on any atom is -0.394 e. The number of nitrogens with zero attached hydrogens (tertiary/aromatic N) is 2. The van der Waals surface area contributed by atoms with Crippen LogP contribution in [0.2, 0.25) is 0 Å². The Labute approximate surface area is 150 Å². The van der Waals surface area contributed by atoms with Gasteiger partial charge in [-0.2, -0.15) is 0 Å². The summed E-state index contributed by atoms with van der Waals surface area (Å²) in [7, 11) is 0. The topological polar surface area (TPSA) is 72.9 Å². The lowest BCUT2D eigenvalue weighted by molar-refractivity contribution is -0.0521. The van der Waals surface area contributed by atoms with Crippen molar-refractivity contribution < 1.29 is 28.8 Å². The van der Waals surface area contributed by atoms with E-state index >= 15 is 0 Å². The van der Waals surface area contributed by atoms with E-state index in [2.05, 4.69) is 9.80 Å². The van der Waals surface area contributed by atoms with Gasteiger partial charge in [-0.15, -0.1) is 0 Å². The van der Waals surface area contributed by atoms with Gasteiger partial charge in [0.2, 0.25) is 0 Å². The molecular formula is C17H34N2O6. The van der Waals surface area contributed by atoms with Crippen molar-refractivity contribution in [2.24, 2.45) is 0 Å². The van der Waals surface area contributed by atoms with Crippen LogP contribution >= 0.6 is 0 Å². The second kappa shape index (κ2) is 13.8. The summed E-state index contributed by atoms with van der Waals surface area (Å²) in [6.07, 6.45) is -0.268. The first-order valence-electron chi connectivity index (χ1n) is 9.36. The lowest BCUT2D eigenvalue weighted by atomic mass is 10.4. The Bertz CT molecular complexity index is 324. The normalized spacial score (nSPS) is 32.8. The van der Waals surface area contributed by atoms with E-state index in [1.54, 1.807) is 0 Å². The number of aliphatic hydroxyl groups is 1. The molecule has 2 heterocycles. The maximum Gasteiger partial charge on any atom is 0.104 e. The zero-order valence-electron chi connectivity index (χ0n) is 15.3. The highest BCUT2D eigenvalue weighted by Gasteiger charge is 2.13. The van der Waals surface area contributed by atoms with Crippen LogP contribution in [-0.4, -0.2) is 126 Å². The van der Waals surface area contributed by atoms with E-state index in [-0.39, 0.29) is 12.7 Å². The number of hydrogen-bond donors (Lipinski definition) is 1. The van der Waals surface area contributed by atoms with Gasteiger partial charge in [0.25, 0.3) is 0 Å². The Morgan fingerprint density at radius 1 is 0.600 bits per heavy atom. The second-order valence-electron chi connectivity index (χ2n) is 6.27. The summed E-state index contributed by atoms with van der Waals surface area (Å²) < 4.78 is 28.6. The van der Waals surface area contributed by atoms with Crippen LogP contribution in [0.3, 0.4) is 0 Å². The fourth-order valence-corrected chi connectivity index (χ4v) is 2.78. The van der Waals surface area contributed by atoms with Gasteiger partial charge >= 0.3 is 0 Å². The molecule has 8 heteroatoms. The molecule has 0 aromatic carbocycles. The highest BCUT2D eigenvalue weighted by Crippen LogP contribution is 1.99. The van der Waals surface area contributed by atoms with Gasteiger partial charge in [0.1, 0.15) is 6.10 Å². The standard InChI is InChI=1S/C17H34N2O6/c20-15-17-16-24-11-5-18-1-7-21-8-2-19(6-12-25-17)4-10-23-14-13-22-9-3-18/h17,20H,1-16H2. The van der Waals surface area contributed by atoms with E-state index in [0.29, 0.717) is 59.5 Å². The Hall–Kier alpha value is -0.320. The van der Waals surface area contributed by atoms with Crippen LogP contribution in [-0.2, 0) is 23.7 Å². The van der Waals surface area contributed by atoms with Crippen molar-refractivity contribution in [1.82, 2.24) is 9.80 Å². The van der Waals surface area contributed by atoms with Crippen LogP contribution < -0.4 is 0 Å². The summed E-state index contributed by atoms with van der Waals surface area (Å²) in [5, 5.41) is 9.44. The van der Waals surface area contributed by atoms with Gasteiger partial charge in [-0.25, -0.2) is 0 Å². The third kappa shape index (κ3) is 9.81. The van der Waals surface area contributed by atoms with Crippen molar-refractivity contribution in [3.63, 3.8) is 0 Å². The zero-order chi connectivity index (χ0) is 17.6. The van der Waals surface area contributed by atoms with E-state index in [0.717, 1.165) is 39.3 Å². The van der Waals surface area contributed by atoms with Gasteiger partial charge in [0.15, 0.2) is 0 Å². The molecule has 0 radical (unpaired) electrons. The average Bonchev–Trinajstić information content (AvgIpc) is 2.64. The van der Waals surface area contributed by atoms with Crippen LogP contribution in [0.5, 0.6) is 0 Å². The van der Waals surface area contributed by atoms with E-state index in [9.17, 15) is 5.11 Å². The van der Waals surface area contributed by atoms with Crippen molar-refractivity contribution in [2.45, 2.75) is 6.10 Å². The summed E-state index contributed by atoms with van der Waals surface area (Å²) >= 11 is 0. The summed E-state index contributed by atoms with van der Waals surface area (Å²) in [5.41, 5.74) is 0. The minimum atomic E-state index is -0.268. The van der Waals surface area contributed by atoms with Crippen LogP contribution in [0.25, 0.3) is 0 Å². The molecule has 2 fully saturated rings. The number of aliphatic hydroxyl groups excluding tert-OH is 1. The molecule has 148 valence electrons. The Balaban J connectivity index is 1.93. The molecule has 2 bridgehead atoms. The van der Waals surface area contributed by atoms with Gasteiger partial charge in [0, 0.05) is 39.3 Å². The highest BCUT2D eigenvalue weighted by molar-refractivity contribution is 4.63. The lowest BCUT2D eigenvalue weighted by Crippen LogP contribution is -2.36. The average molecular weight is 362 g/mol. The van der Waals surface area contributed by atoms with E-state index in [1.165, 1.54) is 0 Å². The molecular weight excluding hydrogens is 328 g/mol. The molecule has 2 rings (SSSR count). The molecule has 2 saturated heterocycles. The maximum atomic E-state index is 9.44. The van der Waals surface area contributed by atoms with Crippen LogP contribution in [0, 0.1) is 0 Å². The third-order valence-corrected chi connectivity index (χ3v) is 4.40. The predicted octanol–water partition coefficient (Wildman–Crippen LogP) is -0.938. The molecule has 2 aliphatic heterocycles. The van der Waals surface area contributed by atoms with Crippen LogP contribution in [0.15, 0.2) is 0 Å². The van der Waals surface area contributed by atoms with E-state index in [4.69, 9.17) is 23.7 Å². The molecule has 2 aliphatic rings. The molecule has 3 unspecified atom stereocenters. The highest BCUT2D eigenvalue weighted by atomic mass is 16.5. The lowest BCUT2D eigenvalue weighted by Gasteiger charge is -2.23. The molecule has 8 nitrogen and oxygen atoms in total. The van der Waals surface area contributed by atoms with Crippen molar-refractivity contribution in [3.8, 4) is 0 Å². The summed E-state index contributed by atoms with van der Waals surface area (Å²) in [6, 6.07) is 0. The number of rotatable bonds is 1. The molecule has 3 atom stereocenters. The Morgan fingerprint density at radius 3 is 1.56 bits per heavy atom. The molecule has 1 N–H and O–H groups in total. The van der Waals surface area contributed by atoms with Crippen molar-refractivity contribution in [1.29, 1.82) is 0 Å². The largest absolute Gasteiger partial charge is 0.394 e. The Kier molecular flexibility index (Phi) is 11.6. The fraction of sp³-hybridized carbons (Fsp3) is 1.00. The van der Waals surface area contributed by atoms with Crippen LogP contribution in [0.1, 0.15) is 0 Å². The number of fused-ring (bicyclic) bond motifs is 6. The van der Waals surface area contributed by atoms with Crippen molar-refractivity contribution >= 4 is 0 Å². The molecule has 0 aromatic rings. The van der Waals surface area contributed by atoms with Crippen molar-refractivity contribution in [2.75, 3.05) is 105 Å². The molecule has 0 aromatic heterocycles. The Morgan fingerprint density at radius 2 is 1.04 bits per heavy atom. The second-order valence-corrected chi connectivity index (χ2v) is 6.27. The molecule has 25 heavy (non-hydrogen) atoms. The monoisotopic (exact) mass is 362 g/mol. The van der Waals surface area contributed by atoms with Crippen LogP contribution in [0.4, 0.5) is 0 Å². The molecule has 0 amide bonds. The third-order valence-electron chi connectivity index (χ3n) is 4.40. The SMILES string of the molecule is OCC1COCCN2CCOCCOCCN(CCOCC2)CCO1. The van der Waals surface area contributed by atoms with Gasteiger partial charge in [0.05, 0.1) is 66.1 Å². The van der Waals surface area contributed by atoms with Crippen molar-refractivity contribution in [3.05, 3.63) is 0 Å². The van der Waals surface area contributed by atoms with Gasteiger partial charge < -0.3 is 28.8 Å². The predicted molar refractivity (Wildman–Crippen MR) is 93.0 cm³/mol. The number of ether oxygens (including phenoxy) is 5. The summed E-state index contributed by atoms with van der Waals surface area (Å²) in [4.78, 5) is 4.56. The molecule has 0 aliphatic carbocycles. The molecule has 0 spiro atoms. The van der Waals surface area contributed by atoms with Gasteiger partial charge in [-0.3, -0.25) is 9.80 Å². The smallest absolute Gasteiger partial charge is 0.104 e. The quantitative estimate of drug-likeness (QED) is 0.600. The minimum absolute atomic E-state index is 0.0240. The first-order valence-corrected chi connectivity index (χ1v) is 9.36. The zero-order valence-corrected chi connectivity index (χ0v) is 15.3. The fourth-order valence-electron chi connectivity index (χ4n) is 2.78. The number of hydrogen-bond acceptors (Lipinski definition) is 8. The summed E-state index contributed by atoms with van der Waals surface area (Å²) in [5.74, 6) is 0. The first-order chi connectivity index (χ1) is 12.4. The van der Waals surface area contributed by atoms with E-state index < -0.39 is 0 Å². The molecule has 0 saturated carbocycles. The summed E-state index contributed by atoms with van der Waals surface area (Å²) in [6.45, 7) is 10.6. The first kappa shape index (κ1) is 21.0. The van der Waals surface area contributed by atoms with Gasteiger partial charge in [-0.05, 0) is 0 Å². The van der Waals surface area contributed by atoms with Gasteiger partial charge in [-0.1, -0.05) is 0 Å². The van der Waals surface area contributed by atoms with E-state index in [1.807, 2.05) is 0 Å². The maximum absolute atomic E-state index is 9.44.